The van der Waals surface area contributed by atoms with E-state index in [0.29, 0.717) is 5.56 Å². The molecule has 26 heavy (non-hydrogen) atoms. The van der Waals surface area contributed by atoms with Crippen molar-refractivity contribution in [2.24, 2.45) is 16.7 Å². The summed E-state index contributed by atoms with van der Waals surface area (Å²) in [4.78, 5) is 22.8. The number of nitro benzene ring substituents is 1. The van der Waals surface area contributed by atoms with E-state index in [1.807, 2.05) is 18.2 Å². The van der Waals surface area contributed by atoms with Crippen LogP contribution in [0.2, 0.25) is 0 Å². The highest BCUT2D eigenvalue weighted by atomic mass is 16.6. The van der Waals surface area contributed by atoms with Crippen molar-refractivity contribution in [1.29, 1.82) is 0 Å². The molecule has 1 aliphatic carbocycles. The monoisotopic (exact) mass is 353 g/mol. The molecule has 0 aromatic heterocycles. The largest absolute Gasteiger partial charge is 0.302 e. The molecule has 0 saturated carbocycles. The quantitative estimate of drug-likeness (QED) is 0.395. The van der Waals surface area contributed by atoms with Crippen LogP contribution in [0.25, 0.3) is 6.08 Å². The van der Waals surface area contributed by atoms with Gasteiger partial charge < -0.3 is 4.79 Å². The predicted molar refractivity (Wildman–Crippen MR) is 106 cm³/mol. The lowest BCUT2D eigenvalue weighted by atomic mass is 9.67. The maximum absolute atomic E-state index is 11.9. The highest BCUT2D eigenvalue weighted by Gasteiger charge is 2.35. The lowest BCUT2D eigenvalue weighted by Gasteiger charge is -2.37. The van der Waals surface area contributed by atoms with E-state index in [1.54, 1.807) is 18.2 Å². The Morgan fingerprint density at radius 1 is 0.962 bits per heavy atom. The highest BCUT2D eigenvalue weighted by Crippen LogP contribution is 2.45. The number of benzene rings is 1. The van der Waals surface area contributed by atoms with Gasteiger partial charge >= 0.3 is 0 Å². The van der Waals surface area contributed by atoms with Crippen LogP contribution < -0.4 is 0 Å². The van der Waals surface area contributed by atoms with Crippen LogP contribution in [0.1, 0.15) is 47.1 Å². The molecule has 2 rings (SSSR count). The minimum absolute atomic E-state index is 0.0777. The number of carbonyl (C=O) groups excluding carboxylic acids is 1. The van der Waals surface area contributed by atoms with Gasteiger partial charge in [-0.15, -0.1) is 0 Å². The van der Waals surface area contributed by atoms with E-state index in [4.69, 9.17) is 0 Å². The fourth-order valence-corrected chi connectivity index (χ4v) is 3.30. The first-order chi connectivity index (χ1) is 11.9. The van der Waals surface area contributed by atoms with Crippen LogP contribution in [0.15, 0.2) is 53.1 Å². The van der Waals surface area contributed by atoms with Gasteiger partial charge in [0.1, 0.15) is 6.29 Å². The number of aldehydes is 1. The fraction of sp³-hybridized carbons (Fsp3) is 0.409. The molecule has 0 amide bonds. The van der Waals surface area contributed by atoms with Crippen LogP contribution in [0, 0.1) is 26.9 Å². The van der Waals surface area contributed by atoms with Crippen molar-refractivity contribution in [1.82, 2.24) is 0 Å². The lowest BCUT2D eigenvalue weighted by Crippen LogP contribution is -2.28. The average molecular weight is 353 g/mol. The van der Waals surface area contributed by atoms with E-state index in [-0.39, 0.29) is 27.4 Å². The summed E-state index contributed by atoms with van der Waals surface area (Å²) in [6.07, 6.45) is 6.85. The first-order valence-electron chi connectivity index (χ1n) is 8.79. The molecule has 0 aliphatic heterocycles. The minimum atomic E-state index is -0.369. The summed E-state index contributed by atoms with van der Waals surface area (Å²) >= 11 is 0. The molecule has 0 spiro atoms. The Kier molecular flexibility index (Phi) is 5.36. The Morgan fingerprint density at radius 3 is 1.88 bits per heavy atom. The van der Waals surface area contributed by atoms with Crippen molar-refractivity contribution in [2.75, 3.05) is 0 Å². The number of hydrogen-bond donors (Lipinski definition) is 0. The third-order valence-corrected chi connectivity index (χ3v) is 4.64. The number of allylic oxidation sites excluding steroid dienone is 5. The maximum atomic E-state index is 11.9. The Labute approximate surface area is 155 Å². The molecule has 0 atom stereocenters. The van der Waals surface area contributed by atoms with E-state index in [0.717, 1.165) is 23.0 Å². The second-order valence-corrected chi connectivity index (χ2v) is 8.77. The van der Waals surface area contributed by atoms with Gasteiger partial charge in [0.2, 0.25) is 0 Å². The molecule has 0 heterocycles. The summed E-state index contributed by atoms with van der Waals surface area (Å²) in [5.41, 5.74) is 3.22. The molecule has 0 N–H and O–H groups in total. The standard InChI is InChI=1S/C22H27NO3/c1-21(2,3)18-12-15(13-19(17(18)14-24)22(4,5)6)11-16-9-7-8-10-20(16)23(25)26/h7-14,17H,1-6H3. The minimum Gasteiger partial charge on any atom is -0.302 e. The summed E-state index contributed by atoms with van der Waals surface area (Å²) < 4.78 is 0. The number of para-hydroxylation sites is 1. The number of carbonyl (C=O) groups is 1. The number of nitrogens with zero attached hydrogens (tertiary/aromatic N) is 1. The molecule has 1 aliphatic rings. The molecule has 1 aromatic carbocycles. The van der Waals surface area contributed by atoms with E-state index >= 15 is 0 Å². The Balaban J connectivity index is 2.69. The Hall–Kier alpha value is -2.49. The van der Waals surface area contributed by atoms with Gasteiger partial charge in [-0.05, 0) is 39.7 Å². The second kappa shape index (κ2) is 7.02. The van der Waals surface area contributed by atoms with Crippen LogP contribution in [0.5, 0.6) is 0 Å². The lowest BCUT2D eigenvalue weighted by molar-refractivity contribution is -0.385. The van der Waals surface area contributed by atoms with Gasteiger partial charge in [0.25, 0.3) is 5.69 Å². The Bertz CT molecular complexity index is 781. The molecule has 4 nitrogen and oxygen atoms in total. The van der Waals surface area contributed by atoms with Crippen LogP contribution >= 0.6 is 0 Å². The van der Waals surface area contributed by atoms with Crippen molar-refractivity contribution in [3.8, 4) is 0 Å². The fourth-order valence-electron chi connectivity index (χ4n) is 3.30. The normalized spacial score (nSPS) is 18.1. The first-order valence-corrected chi connectivity index (χ1v) is 8.79. The Morgan fingerprint density at radius 2 is 1.46 bits per heavy atom. The molecule has 0 saturated heterocycles. The van der Waals surface area contributed by atoms with Crippen molar-refractivity contribution in [2.45, 2.75) is 41.5 Å². The molecule has 138 valence electrons. The second-order valence-electron chi connectivity index (χ2n) is 8.77. The summed E-state index contributed by atoms with van der Waals surface area (Å²) in [5, 5.41) is 11.3. The van der Waals surface area contributed by atoms with Crippen molar-refractivity contribution < 1.29 is 9.72 Å². The molecule has 0 bridgehead atoms. The van der Waals surface area contributed by atoms with Crippen LogP contribution in [0.4, 0.5) is 5.69 Å². The average Bonchev–Trinajstić information content (AvgIpc) is 2.52. The third kappa shape index (κ3) is 4.18. The smallest absolute Gasteiger partial charge is 0.276 e. The van der Waals surface area contributed by atoms with Crippen molar-refractivity contribution in [3.05, 3.63) is 68.8 Å². The van der Waals surface area contributed by atoms with Gasteiger partial charge in [-0.1, -0.05) is 65.8 Å². The molecular weight excluding hydrogens is 326 g/mol. The zero-order valence-corrected chi connectivity index (χ0v) is 16.4. The van der Waals surface area contributed by atoms with Gasteiger partial charge in [-0.3, -0.25) is 10.1 Å². The zero-order valence-electron chi connectivity index (χ0n) is 16.4. The number of rotatable bonds is 3. The van der Waals surface area contributed by atoms with E-state index in [9.17, 15) is 14.9 Å². The molecule has 0 fully saturated rings. The van der Waals surface area contributed by atoms with Gasteiger partial charge in [0.15, 0.2) is 0 Å². The van der Waals surface area contributed by atoms with Crippen LogP contribution in [-0.4, -0.2) is 11.2 Å². The van der Waals surface area contributed by atoms with Gasteiger partial charge in [-0.2, -0.15) is 0 Å². The van der Waals surface area contributed by atoms with Crippen LogP contribution in [0.3, 0.4) is 0 Å². The van der Waals surface area contributed by atoms with E-state index in [1.165, 1.54) is 6.07 Å². The molecular formula is C22H27NO3. The zero-order chi connectivity index (χ0) is 19.7. The van der Waals surface area contributed by atoms with Gasteiger partial charge in [0.05, 0.1) is 16.4 Å². The molecule has 1 aromatic rings. The summed E-state index contributed by atoms with van der Waals surface area (Å²) in [6, 6.07) is 6.70. The summed E-state index contributed by atoms with van der Waals surface area (Å²) in [5.74, 6) is -0.266. The van der Waals surface area contributed by atoms with Crippen molar-refractivity contribution >= 4 is 18.0 Å². The summed E-state index contributed by atoms with van der Waals surface area (Å²) in [6.45, 7) is 12.5. The predicted octanol–water partition coefficient (Wildman–Crippen LogP) is 5.75. The van der Waals surface area contributed by atoms with Gasteiger partial charge in [0, 0.05) is 6.07 Å². The SMILES string of the molecule is CC(C)(C)C1=CC(=Cc2ccccc2[N+](=O)[O-])C=C(C(C)(C)C)C1C=O. The number of hydrogen-bond acceptors (Lipinski definition) is 3. The van der Waals surface area contributed by atoms with Gasteiger partial charge in [-0.25, -0.2) is 0 Å². The van der Waals surface area contributed by atoms with E-state index in [2.05, 4.69) is 41.5 Å². The van der Waals surface area contributed by atoms with Crippen LogP contribution in [-0.2, 0) is 4.79 Å². The van der Waals surface area contributed by atoms with E-state index < -0.39 is 0 Å². The molecule has 0 unspecified atom stereocenters. The topological polar surface area (TPSA) is 60.2 Å². The molecule has 0 radical (unpaired) electrons. The first kappa shape index (κ1) is 19.8. The molecule has 4 heteroatoms. The third-order valence-electron chi connectivity index (χ3n) is 4.64. The summed E-state index contributed by atoms with van der Waals surface area (Å²) in [7, 11) is 0. The highest BCUT2D eigenvalue weighted by molar-refractivity contribution is 5.74. The maximum Gasteiger partial charge on any atom is 0.276 e. The van der Waals surface area contributed by atoms with Crippen molar-refractivity contribution in [3.63, 3.8) is 0 Å². The number of nitro groups is 1.